The van der Waals surface area contributed by atoms with Crippen molar-refractivity contribution in [2.75, 3.05) is 0 Å². The van der Waals surface area contributed by atoms with Crippen LogP contribution in [0.25, 0.3) is 11.1 Å². The molecule has 0 unspecified atom stereocenters. The second kappa shape index (κ2) is 11.5. The first-order valence-corrected chi connectivity index (χ1v) is 12.8. The molecular weight excluding hydrogens is 487 g/mol. The predicted molar refractivity (Wildman–Crippen MR) is 134 cm³/mol. The van der Waals surface area contributed by atoms with Crippen LogP contribution in [0.1, 0.15) is 68.9 Å². The molecule has 0 aliphatic heterocycles. The number of alkyl halides is 3. The third kappa shape index (κ3) is 6.62. The summed E-state index contributed by atoms with van der Waals surface area (Å²) in [5, 5.41) is 0. The van der Waals surface area contributed by atoms with E-state index in [0.717, 1.165) is 38.5 Å². The molecule has 0 spiro atoms. The molecular formula is C30H31F5O2. The number of hydrogen-bond donors (Lipinski definition) is 0. The fraction of sp³-hybridized carbons (Fsp3) is 0.400. The smallest absolute Gasteiger partial charge is 0.453 e. The maximum absolute atomic E-state index is 15.8. The number of unbranched alkanes of at least 4 members (excludes halogenated alkanes) is 1. The van der Waals surface area contributed by atoms with Gasteiger partial charge in [0.2, 0.25) is 0 Å². The molecule has 1 aliphatic rings. The van der Waals surface area contributed by atoms with E-state index < -0.39 is 18.0 Å². The Hall–Kier alpha value is -3.09. The van der Waals surface area contributed by atoms with Crippen molar-refractivity contribution >= 4 is 0 Å². The van der Waals surface area contributed by atoms with Gasteiger partial charge in [-0.05, 0) is 79.8 Å². The van der Waals surface area contributed by atoms with Crippen LogP contribution >= 0.6 is 0 Å². The van der Waals surface area contributed by atoms with Crippen LogP contribution in [0.5, 0.6) is 17.2 Å². The standard InChI is InChI=1S/C30H31F5O2/c1-3-4-7-20-10-12-22(13-11-20)27-25(31)18-19(2)29(28(27)32)36-26-9-6-5-8-24(26)21-14-16-23(17-15-21)37-30(33,34)35/h5-6,8-9,14-18,20,22H,3-4,7,10-13H2,1-2H3. The summed E-state index contributed by atoms with van der Waals surface area (Å²) in [6.07, 6.45) is 2.12. The molecule has 198 valence electrons. The van der Waals surface area contributed by atoms with Gasteiger partial charge in [-0.2, -0.15) is 0 Å². The van der Waals surface area contributed by atoms with Gasteiger partial charge in [0.1, 0.15) is 17.3 Å². The lowest BCUT2D eigenvalue weighted by Crippen LogP contribution is -2.16. The summed E-state index contributed by atoms with van der Waals surface area (Å²) >= 11 is 0. The maximum atomic E-state index is 15.8. The molecule has 3 aromatic carbocycles. The Bertz CT molecular complexity index is 1200. The molecule has 0 heterocycles. The van der Waals surface area contributed by atoms with E-state index in [0.29, 0.717) is 28.4 Å². The van der Waals surface area contributed by atoms with E-state index in [4.69, 9.17) is 4.74 Å². The van der Waals surface area contributed by atoms with E-state index in [1.54, 1.807) is 31.2 Å². The quantitative estimate of drug-likeness (QED) is 0.276. The molecule has 0 bridgehead atoms. The van der Waals surface area contributed by atoms with Gasteiger partial charge in [-0.1, -0.05) is 56.5 Å². The molecule has 0 atom stereocenters. The van der Waals surface area contributed by atoms with E-state index in [1.165, 1.54) is 36.8 Å². The zero-order valence-corrected chi connectivity index (χ0v) is 21.0. The Balaban J connectivity index is 1.59. The van der Waals surface area contributed by atoms with E-state index in [2.05, 4.69) is 11.7 Å². The Labute approximate surface area is 214 Å². The summed E-state index contributed by atoms with van der Waals surface area (Å²) in [7, 11) is 0. The molecule has 0 N–H and O–H groups in total. The van der Waals surface area contributed by atoms with Gasteiger partial charge in [0.25, 0.3) is 0 Å². The first-order valence-electron chi connectivity index (χ1n) is 12.8. The number of hydrogen-bond acceptors (Lipinski definition) is 2. The van der Waals surface area contributed by atoms with Gasteiger partial charge >= 0.3 is 6.36 Å². The second-order valence-electron chi connectivity index (χ2n) is 9.76. The minimum atomic E-state index is -4.79. The van der Waals surface area contributed by atoms with Crippen LogP contribution in [-0.4, -0.2) is 6.36 Å². The van der Waals surface area contributed by atoms with Crippen LogP contribution in [0.4, 0.5) is 22.0 Å². The lowest BCUT2D eigenvalue weighted by atomic mass is 9.76. The molecule has 0 aromatic heterocycles. The molecule has 37 heavy (non-hydrogen) atoms. The van der Waals surface area contributed by atoms with Gasteiger partial charge in [0.15, 0.2) is 11.6 Å². The molecule has 1 saturated carbocycles. The fourth-order valence-corrected chi connectivity index (χ4v) is 5.21. The van der Waals surface area contributed by atoms with Gasteiger partial charge in [0, 0.05) is 11.1 Å². The largest absolute Gasteiger partial charge is 0.573 e. The topological polar surface area (TPSA) is 18.5 Å². The predicted octanol–water partition coefficient (Wildman–Crippen LogP) is 10.1. The number of para-hydroxylation sites is 1. The van der Waals surface area contributed by atoms with Crippen molar-refractivity contribution < 1.29 is 31.4 Å². The summed E-state index contributed by atoms with van der Waals surface area (Å²) < 4.78 is 78.4. The SMILES string of the molecule is CCCCC1CCC(c2c(F)cc(C)c(Oc3ccccc3-c3ccc(OC(F)(F)F)cc3)c2F)CC1. The number of rotatable bonds is 8. The van der Waals surface area contributed by atoms with Crippen LogP contribution < -0.4 is 9.47 Å². The third-order valence-electron chi connectivity index (χ3n) is 7.11. The highest BCUT2D eigenvalue weighted by Gasteiger charge is 2.31. The molecule has 3 aromatic rings. The van der Waals surface area contributed by atoms with Crippen LogP contribution in [-0.2, 0) is 0 Å². The lowest BCUT2D eigenvalue weighted by Gasteiger charge is -2.29. The van der Waals surface area contributed by atoms with Gasteiger partial charge < -0.3 is 9.47 Å². The highest BCUT2D eigenvalue weighted by Crippen LogP contribution is 2.44. The zero-order chi connectivity index (χ0) is 26.6. The summed E-state index contributed by atoms with van der Waals surface area (Å²) in [6, 6.07) is 13.5. The molecule has 1 fully saturated rings. The Morgan fingerprint density at radius 2 is 1.59 bits per heavy atom. The van der Waals surface area contributed by atoms with Crippen molar-refractivity contribution in [1.29, 1.82) is 0 Å². The number of aryl methyl sites for hydroxylation is 1. The Morgan fingerprint density at radius 3 is 2.24 bits per heavy atom. The van der Waals surface area contributed by atoms with Crippen LogP contribution in [0, 0.1) is 24.5 Å². The van der Waals surface area contributed by atoms with Gasteiger partial charge in [-0.15, -0.1) is 13.2 Å². The summed E-state index contributed by atoms with van der Waals surface area (Å²) in [5.74, 6) is -0.875. The minimum Gasteiger partial charge on any atom is -0.453 e. The Kier molecular flexibility index (Phi) is 8.40. The van der Waals surface area contributed by atoms with Crippen LogP contribution in [0.3, 0.4) is 0 Å². The van der Waals surface area contributed by atoms with Crippen molar-refractivity contribution in [3.8, 4) is 28.4 Å². The monoisotopic (exact) mass is 518 g/mol. The number of halogens is 5. The van der Waals surface area contributed by atoms with Gasteiger partial charge in [0.05, 0.1) is 0 Å². The van der Waals surface area contributed by atoms with Crippen molar-refractivity contribution in [3.63, 3.8) is 0 Å². The highest BCUT2D eigenvalue weighted by atomic mass is 19.4. The Morgan fingerprint density at radius 1 is 0.919 bits per heavy atom. The van der Waals surface area contributed by atoms with Crippen molar-refractivity contribution in [1.82, 2.24) is 0 Å². The molecule has 0 radical (unpaired) electrons. The van der Waals surface area contributed by atoms with E-state index in [9.17, 15) is 13.2 Å². The van der Waals surface area contributed by atoms with Crippen LogP contribution in [0.2, 0.25) is 0 Å². The van der Waals surface area contributed by atoms with E-state index in [1.807, 2.05) is 0 Å². The van der Waals surface area contributed by atoms with Crippen molar-refractivity contribution in [3.05, 3.63) is 77.4 Å². The summed E-state index contributed by atoms with van der Waals surface area (Å²) in [4.78, 5) is 0. The number of benzene rings is 3. The summed E-state index contributed by atoms with van der Waals surface area (Å²) in [6.45, 7) is 3.76. The maximum Gasteiger partial charge on any atom is 0.573 e. The molecule has 1 aliphatic carbocycles. The molecule has 4 rings (SSSR count). The van der Waals surface area contributed by atoms with E-state index >= 15 is 8.78 Å². The summed E-state index contributed by atoms with van der Waals surface area (Å²) in [5.41, 5.74) is 1.54. The van der Waals surface area contributed by atoms with Crippen molar-refractivity contribution in [2.24, 2.45) is 5.92 Å². The van der Waals surface area contributed by atoms with E-state index in [-0.39, 0.29) is 23.0 Å². The van der Waals surface area contributed by atoms with Gasteiger partial charge in [-0.3, -0.25) is 0 Å². The average Bonchev–Trinajstić information content (AvgIpc) is 2.86. The minimum absolute atomic E-state index is 0.0334. The lowest BCUT2D eigenvalue weighted by molar-refractivity contribution is -0.274. The molecule has 0 saturated heterocycles. The molecule has 0 amide bonds. The molecule has 2 nitrogen and oxygen atoms in total. The first-order chi connectivity index (χ1) is 17.7. The second-order valence-corrected chi connectivity index (χ2v) is 9.76. The zero-order valence-electron chi connectivity index (χ0n) is 21.0. The third-order valence-corrected chi connectivity index (χ3v) is 7.11. The fourth-order valence-electron chi connectivity index (χ4n) is 5.21. The van der Waals surface area contributed by atoms with Crippen LogP contribution in [0.15, 0.2) is 54.6 Å². The highest BCUT2D eigenvalue weighted by molar-refractivity contribution is 5.71. The van der Waals surface area contributed by atoms with Crippen molar-refractivity contribution in [2.45, 2.75) is 71.1 Å². The number of ether oxygens (including phenoxy) is 2. The average molecular weight is 519 g/mol. The normalized spacial score (nSPS) is 18.0. The van der Waals surface area contributed by atoms with Gasteiger partial charge in [-0.25, -0.2) is 8.78 Å². The first kappa shape index (κ1) is 27.0. The molecule has 7 heteroatoms.